The second-order valence-electron chi connectivity index (χ2n) is 5.38. The summed E-state index contributed by atoms with van der Waals surface area (Å²) in [5.74, 6) is 0.942. The molecule has 1 amide bonds. The van der Waals surface area contributed by atoms with E-state index in [1.54, 1.807) is 25.1 Å². The van der Waals surface area contributed by atoms with Crippen molar-refractivity contribution < 1.29 is 4.79 Å². The van der Waals surface area contributed by atoms with Gasteiger partial charge in [-0.15, -0.1) is 0 Å². The molecule has 0 fully saturated rings. The molecule has 0 aliphatic heterocycles. The summed E-state index contributed by atoms with van der Waals surface area (Å²) in [6.07, 6.45) is 2.14. The smallest absolute Gasteiger partial charge is 0.274 e. The van der Waals surface area contributed by atoms with Gasteiger partial charge in [-0.05, 0) is 38.0 Å². The van der Waals surface area contributed by atoms with Crippen LogP contribution in [0.4, 0.5) is 11.5 Å². The first-order valence-corrected chi connectivity index (χ1v) is 8.04. The zero-order valence-electron chi connectivity index (χ0n) is 13.6. The largest absolute Gasteiger partial charge is 0.370 e. The molecule has 2 N–H and O–H groups in total. The van der Waals surface area contributed by atoms with Gasteiger partial charge in [0.05, 0.1) is 0 Å². The van der Waals surface area contributed by atoms with E-state index in [0.29, 0.717) is 28.0 Å². The summed E-state index contributed by atoms with van der Waals surface area (Å²) in [6.45, 7) is 6.63. The number of nitrogens with one attached hydrogen (secondary N) is 2. The van der Waals surface area contributed by atoms with Crippen molar-refractivity contribution in [1.82, 2.24) is 9.97 Å². The van der Waals surface area contributed by atoms with E-state index in [-0.39, 0.29) is 5.91 Å². The van der Waals surface area contributed by atoms with E-state index in [9.17, 15) is 4.79 Å². The Morgan fingerprint density at radius 1 is 1.22 bits per heavy atom. The maximum atomic E-state index is 12.4. The molecule has 2 rings (SSSR count). The molecule has 0 saturated heterocycles. The van der Waals surface area contributed by atoms with Crippen LogP contribution in [-0.2, 0) is 0 Å². The quantitative estimate of drug-likeness (QED) is 0.777. The Morgan fingerprint density at radius 3 is 2.74 bits per heavy atom. The van der Waals surface area contributed by atoms with Crippen LogP contribution in [0.15, 0.2) is 24.3 Å². The number of amides is 1. The van der Waals surface area contributed by atoms with Crippen molar-refractivity contribution in [2.24, 2.45) is 0 Å². The van der Waals surface area contributed by atoms with Crippen molar-refractivity contribution in [1.29, 1.82) is 0 Å². The Morgan fingerprint density at radius 2 is 2.00 bits per heavy atom. The molecule has 0 spiro atoms. The fraction of sp³-hybridized carbons (Fsp3) is 0.353. The van der Waals surface area contributed by atoms with Crippen LogP contribution in [-0.4, -0.2) is 22.4 Å². The maximum absolute atomic E-state index is 12.4. The van der Waals surface area contributed by atoms with E-state index in [1.807, 2.05) is 13.0 Å². The lowest BCUT2D eigenvalue weighted by Crippen LogP contribution is -2.16. The lowest BCUT2D eigenvalue weighted by Gasteiger charge is -2.10. The standard InChI is InChI=1S/C17H21ClN4O/c1-4-5-8-19-16-10-15(20-12(3)21-16)17(23)22-14-9-13(18)7-6-11(14)2/h6-7,9-10H,4-5,8H2,1-3H3,(H,22,23)(H,19,20,21). The molecule has 0 aliphatic rings. The van der Waals surface area contributed by atoms with Gasteiger partial charge >= 0.3 is 0 Å². The van der Waals surface area contributed by atoms with Crippen LogP contribution in [0, 0.1) is 13.8 Å². The third-order valence-corrected chi connectivity index (χ3v) is 3.59. The number of anilines is 2. The van der Waals surface area contributed by atoms with Gasteiger partial charge < -0.3 is 10.6 Å². The number of aryl methyl sites for hydroxylation is 2. The molecule has 0 aliphatic carbocycles. The third kappa shape index (κ3) is 4.93. The number of unbranched alkanes of at least 4 members (excludes halogenated alkanes) is 1. The molecule has 1 heterocycles. The van der Waals surface area contributed by atoms with E-state index in [2.05, 4.69) is 27.5 Å². The molecular weight excluding hydrogens is 312 g/mol. The van der Waals surface area contributed by atoms with E-state index in [4.69, 9.17) is 11.6 Å². The van der Waals surface area contributed by atoms with Gasteiger partial charge in [0.25, 0.3) is 5.91 Å². The maximum Gasteiger partial charge on any atom is 0.274 e. The average Bonchev–Trinajstić information content (AvgIpc) is 2.50. The second kappa shape index (κ2) is 7.92. The topological polar surface area (TPSA) is 66.9 Å². The lowest BCUT2D eigenvalue weighted by molar-refractivity contribution is 0.102. The Balaban J connectivity index is 2.16. The fourth-order valence-corrected chi connectivity index (χ4v) is 2.26. The van der Waals surface area contributed by atoms with E-state index < -0.39 is 0 Å². The molecule has 0 unspecified atom stereocenters. The van der Waals surface area contributed by atoms with E-state index in [1.165, 1.54) is 0 Å². The molecule has 0 radical (unpaired) electrons. The number of hydrogen-bond donors (Lipinski definition) is 2. The summed E-state index contributed by atoms with van der Waals surface area (Å²) >= 11 is 5.98. The number of nitrogens with zero attached hydrogens (tertiary/aromatic N) is 2. The monoisotopic (exact) mass is 332 g/mol. The average molecular weight is 333 g/mol. The van der Waals surface area contributed by atoms with Gasteiger partial charge in [0.1, 0.15) is 17.3 Å². The number of carbonyl (C=O) groups excluding carboxylic acids is 1. The van der Waals surface area contributed by atoms with Crippen molar-refractivity contribution >= 4 is 29.0 Å². The fourth-order valence-electron chi connectivity index (χ4n) is 2.08. The minimum absolute atomic E-state index is 0.278. The number of aromatic nitrogens is 2. The lowest BCUT2D eigenvalue weighted by atomic mass is 10.2. The zero-order chi connectivity index (χ0) is 16.8. The molecule has 23 heavy (non-hydrogen) atoms. The predicted molar refractivity (Wildman–Crippen MR) is 94.3 cm³/mol. The Labute approximate surface area is 141 Å². The highest BCUT2D eigenvalue weighted by Gasteiger charge is 2.12. The molecule has 122 valence electrons. The van der Waals surface area contributed by atoms with Crippen LogP contribution in [0.1, 0.15) is 41.6 Å². The van der Waals surface area contributed by atoms with Crippen LogP contribution in [0.5, 0.6) is 0 Å². The highest BCUT2D eigenvalue weighted by Crippen LogP contribution is 2.21. The Kier molecular flexibility index (Phi) is 5.93. The van der Waals surface area contributed by atoms with Crippen LogP contribution in [0.3, 0.4) is 0 Å². The molecule has 1 aromatic carbocycles. The summed E-state index contributed by atoms with van der Waals surface area (Å²) < 4.78 is 0. The first-order chi connectivity index (χ1) is 11.0. The summed E-state index contributed by atoms with van der Waals surface area (Å²) in [5.41, 5.74) is 1.95. The minimum Gasteiger partial charge on any atom is -0.370 e. The third-order valence-electron chi connectivity index (χ3n) is 3.35. The first-order valence-electron chi connectivity index (χ1n) is 7.66. The molecule has 0 bridgehead atoms. The van der Waals surface area contributed by atoms with Gasteiger partial charge in [-0.1, -0.05) is 31.0 Å². The number of carbonyl (C=O) groups is 1. The van der Waals surface area contributed by atoms with Crippen LogP contribution in [0.2, 0.25) is 5.02 Å². The van der Waals surface area contributed by atoms with E-state index >= 15 is 0 Å². The second-order valence-corrected chi connectivity index (χ2v) is 5.82. The normalized spacial score (nSPS) is 10.4. The van der Waals surface area contributed by atoms with Crippen molar-refractivity contribution in [2.75, 3.05) is 17.2 Å². The molecule has 6 heteroatoms. The molecule has 0 saturated carbocycles. The summed E-state index contributed by atoms with van der Waals surface area (Å²) in [7, 11) is 0. The van der Waals surface area contributed by atoms with Gasteiger partial charge in [-0.25, -0.2) is 9.97 Å². The first kappa shape index (κ1) is 17.2. The highest BCUT2D eigenvalue weighted by molar-refractivity contribution is 6.31. The van der Waals surface area contributed by atoms with Crippen LogP contribution >= 0.6 is 11.6 Å². The Bertz CT molecular complexity index is 703. The van der Waals surface area contributed by atoms with E-state index in [0.717, 1.165) is 24.9 Å². The molecule has 5 nitrogen and oxygen atoms in total. The molecular formula is C17H21ClN4O. The summed E-state index contributed by atoms with van der Waals surface area (Å²) in [4.78, 5) is 21.0. The number of rotatable bonds is 6. The number of benzene rings is 1. The minimum atomic E-state index is -0.278. The van der Waals surface area contributed by atoms with Crippen LogP contribution < -0.4 is 10.6 Å². The van der Waals surface area contributed by atoms with Crippen molar-refractivity contribution in [2.45, 2.75) is 33.6 Å². The highest BCUT2D eigenvalue weighted by atomic mass is 35.5. The summed E-state index contributed by atoms with van der Waals surface area (Å²) in [6, 6.07) is 7.04. The van der Waals surface area contributed by atoms with Crippen molar-refractivity contribution in [3.8, 4) is 0 Å². The summed E-state index contributed by atoms with van der Waals surface area (Å²) in [5, 5.41) is 6.64. The van der Waals surface area contributed by atoms with Crippen LogP contribution in [0.25, 0.3) is 0 Å². The zero-order valence-corrected chi connectivity index (χ0v) is 14.4. The Hall–Kier alpha value is -2.14. The van der Waals surface area contributed by atoms with Gasteiger partial charge in [-0.2, -0.15) is 0 Å². The van der Waals surface area contributed by atoms with Gasteiger partial charge in [0.2, 0.25) is 0 Å². The molecule has 0 atom stereocenters. The van der Waals surface area contributed by atoms with Gasteiger partial charge in [0.15, 0.2) is 0 Å². The van der Waals surface area contributed by atoms with Crippen molar-refractivity contribution in [3.63, 3.8) is 0 Å². The number of halogens is 1. The predicted octanol–water partition coefficient (Wildman–Crippen LogP) is 4.21. The molecule has 2 aromatic rings. The number of hydrogen-bond acceptors (Lipinski definition) is 4. The van der Waals surface area contributed by atoms with Gasteiger partial charge in [-0.3, -0.25) is 4.79 Å². The van der Waals surface area contributed by atoms with Crippen molar-refractivity contribution in [3.05, 3.63) is 46.4 Å². The SMILES string of the molecule is CCCCNc1cc(C(=O)Nc2cc(Cl)ccc2C)nc(C)n1. The van der Waals surface area contributed by atoms with Gasteiger partial charge in [0, 0.05) is 23.3 Å². The molecule has 1 aromatic heterocycles.